The van der Waals surface area contributed by atoms with E-state index >= 15 is 0 Å². The minimum Gasteiger partial charge on any atom is -0.495 e. The van der Waals surface area contributed by atoms with E-state index in [0.717, 1.165) is 42.0 Å². The Balaban J connectivity index is 2.15. The van der Waals surface area contributed by atoms with Gasteiger partial charge in [0.15, 0.2) is 0 Å². The van der Waals surface area contributed by atoms with Crippen LogP contribution in [0.5, 0.6) is 5.75 Å². The summed E-state index contributed by atoms with van der Waals surface area (Å²) in [6, 6.07) is 2.26. The second kappa shape index (κ2) is 4.43. The van der Waals surface area contributed by atoms with Gasteiger partial charge in [-0.2, -0.15) is 0 Å². The van der Waals surface area contributed by atoms with Crippen LogP contribution in [0.2, 0.25) is 5.02 Å². The molecule has 0 aliphatic heterocycles. The SMILES string of the molecule is COc1c(C2(N)CCC2)cc2c(c1Cl)CCCC2. The van der Waals surface area contributed by atoms with Crippen molar-refractivity contribution < 1.29 is 4.74 Å². The zero-order valence-electron chi connectivity index (χ0n) is 10.9. The summed E-state index contributed by atoms with van der Waals surface area (Å²) >= 11 is 6.54. The van der Waals surface area contributed by atoms with E-state index in [2.05, 4.69) is 6.07 Å². The summed E-state index contributed by atoms with van der Waals surface area (Å²) in [5.74, 6) is 0.819. The van der Waals surface area contributed by atoms with Crippen LogP contribution in [0.15, 0.2) is 6.07 Å². The maximum Gasteiger partial charge on any atom is 0.142 e. The minimum absolute atomic E-state index is 0.207. The van der Waals surface area contributed by atoms with Gasteiger partial charge in [0.05, 0.1) is 12.1 Å². The lowest BCUT2D eigenvalue weighted by atomic mass is 9.71. The molecular weight excluding hydrogens is 246 g/mol. The highest BCUT2D eigenvalue weighted by atomic mass is 35.5. The first-order valence-electron chi connectivity index (χ1n) is 6.83. The lowest BCUT2D eigenvalue weighted by molar-refractivity contribution is 0.243. The Bertz CT molecular complexity index is 480. The Morgan fingerprint density at radius 2 is 1.94 bits per heavy atom. The molecule has 0 spiro atoms. The number of benzene rings is 1. The zero-order valence-corrected chi connectivity index (χ0v) is 11.6. The molecule has 0 saturated heterocycles. The van der Waals surface area contributed by atoms with Crippen molar-refractivity contribution in [2.45, 2.75) is 50.5 Å². The normalized spacial score (nSPS) is 21.1. The van der Waals surface area contributed by atoms with E-state index in [4.69, 9.17) is 22.1 Å². The molecule has 3 heteroatoms. The van der Waals surface area contributed by atoms with Crippen LogP contribution in [0.4, 0.5) is 0 Å². The van der Waals surface area contributed by atoms with E-state index in [9.17, 15) is 0 Å². The molecule has 1 aromatic rings. The number of rotatable bonds is 2. The summed E-state index contributed by atoms with van der Waals surface area (Å²) in [5.41, 5.74) is 10.1. The third-order valence-electron chi connectivity index (χ3n) is 4.52. The predicted molar refractivity (Wildman–Crippen MR) is 74.4 cm³/mol. The molecule has 1 fully saturated rings. The molecule has 18 heavy (non-hydrogen) atoms. The Labute approximate surface area is 113 Å². The Hall–Kier alpha value is -0.730. The number of fused-ring (bicyclic) bond motifs is 1. The Morgan fingerprint density at radius 1 is 1.22 bits per heavy atom. The third-order valence-corrected chi connectivity index (χ3v) is 4.92. The van der Waals surface area contributed by atoms with Crippen molar-refractivity contribution in [3.05, 3.63) is 27.8 Å². The molecule has 2 aliphatic rings. The van der Waals surface area contributed by atoms with Gasteiger partial charge in [0.25, 0.3) is 0 Å². The van der Waals surface area contributed by atoms with Crippen LogP contribution in [-0.4, -0.2) is 7.11 Å². The topological polar surface area (TPSA) is 35.2 Å². The molecule has 0 radical (unpaired) electrons. The molecule has 98 valence electrons. The van der Waals surface area contributed by atoms with Crippen LogP contribution < -0.4 is 10.5 Å². The molecule has 1 saturated carbocycles. The van der Waals surface area contributed by atoms with Crippen LogP contribution >= 0.6 is 11.6 Å². The van der Waals surface area contributed by atoms with Crippen molar-refractivity contribution in [2.24, 2.45) is 5.73 Å². The lowest BCUT2D eigenvalue weighted by Gasteiger charge is -2.40. The van der Waals surface area contributed by atoms with Gasteiger partial charge in [0, 0.05) is 11.1 Å². The van der Waals surface area contributed by atoms with Gasteiger partial charge < -0.3 is 10.5 Å². The first-order valence-corrected chi connectivity index (χ1v) is 7.21. The van der Waals surface area contributed by atoms with Crippen LogP contribution in [0.3, 0.4) is 0 Å². The Morgan fingerprint density at radius 3 is 2.56 bits per heavy atom. The van der Waals surface area contributed by atoms with Crippen LogP contribution in [-0.2, 0) is 18.4 Å². The molecule has 0 unspecified atom stereocenters. The number of halogens is 1. The quantitative estimate of drug-likeness (QED) is 0.887. The van der Waals surface area contributed by atoms with Crippen molar-refractivity contribution in [2.75, 3.05) is 7.11 Å². The summed E-state index contributed by atoms with van der Waals surface area (Å²) in [6.07, 6.45) is 7.96. The highest BCUT2D eigenvalue weighted by molar-refractivity contribution is 6.33. The second-order valence-electron chi connectivity index (χ2n) is 5.63. The van der Waals surface area contributed by atoms with E-state index in [-0.39, 0.29) is 5.54 Å². The number of ether oxygens (including phenoxy) is 1. The van der Waals surface area contributed by atoms with E-state index in [1.807, 2.05) is 0 Å². The molecule has 0 amide bonds. The van der Waals surface area contributed by atoms with Gasteiger partial charge in [-0.05, 0) is 62.1 Å². The van der Waals surface area contributed by atoms with Crippen LogP contribution in [0.25, 0.3) is 0 Å². The maximum atomic E-state index is 6.54. The molecule has 0 atom stereocenters. The van der Waals surface area contributed by atoms with Gasteiger partial charge in [0.1, 0.15) is 5.75 Å². The number of aryl methyl sites for hydroxylation is 1. The average Bonchev–Trinajstić information content (AvgIpc) is 2.36. The summed E-state index contributed by atoms with van der Waals surface area (Å²) < 4.78 is 5.55. The fourth-order valence-corrected chi connectivity index (χ4v) is 3.62. The monoisotopic (exact) mass is 265 g/mol. The van der Waals surface area contributed by atoms with Crippen molar-refractivity contribution in [3.8, 4) is 5.75 Å². The van der Waals surface area contributed by atoms with Gasteiger partial charge in [-0.15, -0.1) is 0 Å². The Kier molecular flexibility index (Phi) is 3.03. The van der Waals surface area contributed by atoms with E-state index in [0.29, 0.717) is 0 Å². The van der Waals surface area contributed by atoms with Crippen molar-refractivity contribution >= 4 is 11.6 Å². The van der Waals surface area contributed by atoms with Crippen LogP contribution in [0, 0.1) is 0 Å². The number of methoxy groups -OCH3 is 1. The van der Waals surface area contributed by atoms with Crippen molar-refractivity contribution in [1.82, 2.24) is 0 Å². The van der Waals surface area contributed by atoms with E-state index in [1.54, 1.807) is 7.11 Å². The van der Waals surface area contributed by atoms with Gasteiger partial charge in [-0.1, -0.05) is 11.6 Å². The second-order valence-corrected chi connectivity index (χ2v) is 6.00. The van der Waals surface area contributed by atoms with Crippen LogP contribution in [0.1, 0.15) is 48.8 Å². The molecule has 1 aromatic carbocycles. The predicted octanol–water partition coefficient (Wildman–Crippen LogP) is 3.57. The molecule has 2 N–H and O–H groups in total. The first-order chi connectivity index (χ1) is 8.65. The van der Waals surface area contributed by atoms with E-state index < -0.39 is 0 Å². The summed E-state index contributed by atoms with van der Waals surface area (Å²) in [7, 11) is 1.70. The molecular formula is C15H20ClNO. The molecule has 0 heterocycles. The van der Waals surface area contributed by atoms with Crippen molar-refractivity contribution in [1.29, 1.82) is 0 Å². The summed E-state index contributed by atoms with van der Waals surface area (Å²) in [5, 5.41) is 0.807. The van der Waals surface area contributed by atoms with E-state index in [1.165, 1.54) is 30.4 Å². The molecule has 0 aromatic heterocycles. The number of nitrogens with two attached hydrogens (primary N) is 1. The van der Waals surface area contributed by atoms with Gasteiger partial charge in [-0.25, -0.2) is 0 Å². The van der Waals surface area contributed by atoms with Gasteiger partial charge in [0.2, 0.25) is 0 Å². The largest absolute Gasteiger partial charge is 0.495 e. The molecule has 0 bridgehead atoms. The molecule has 2 aliphatic carbocycles. The fraction of sp³-hybridized carbons (Fsp3) is 0.600. The lowest BCUT2D eigenvalue weighted by Crippen LogP contribution is -2.43. The average molecular weight is 266 g/mol. The number of hydrogen-bond acceptors (Lipinski definition) is 2. The first kappa shape index (κ1) is 12.3. The van der Waals surface area contributed by atoms with Gasteiger partial charge in [-0.3, -0.25) is 0 Å². The highest BCUT2D eigenvalue weighted by Gasteiger charge is 2.38. The highest BCUT2D eigenvalue weighted by Crippen LogP contribution is 2.47. The minimum atomic E-state index is -0.207. The summed E-state index contributed by atoms with van der Waals surface area (Å²) in [6.45, 7) is 0. The smallest absolute Gasteiger partial charge is 0.142 e. The molecule has 2 nitrogen and oxygen atoms in total. The standard InChI is InChI=1S/C15H20ClNO/c1-18-14-12(15(17)7-4-8-15)9-10-5-2-3-6-11(10)13(14)16/h9H,2-8,17H2,1H3. The van der Waals surface area contributed by atoms with Gasteiger partial charge >= 0.3 is 0 Å². The molecule has 3 rings (SSSR count). The zero-order chi connectivity index (χ0) is 12.8. The number of hydrogen-bond donors (Lipinski definition) is 1. The van der Waals surface area contributed by atoms with Crippen molar-refractivity contribution in [3.63, 3.8) is 0 Å². The third kappa shape index (κ3) is 1.74. The fourth-order valence-electron chi connectivity index (χ4n) is 3.23. The summed E-state index contributed by atoms with van der Waals surface area (Å²) in [4.78, 5) is 0. The maximum absolute atomic E-state index is 6.54.